The first-order valence-electron chi connectivity index (χ1n) is 12.1. The van der Waals surface area contributed by atoms with Crippen molar-refractivity contribution in [1.82, 2.24) is 29.2 Å². The largest absolute Gasteiger partial charge is 0.396 e. The first-order valence-corrected chi connectivity index (χ1v) is 12.1. The Morgan fingerprint density at radius 1 is 1.11 bits per heavy atom. The molecule has 2 aliphatic heterocycles. The van der Waals surface area contributed by atoms with Crippen LogP contribution in [0.25, 0.3) is 22.7 Å². The van der Waals surface area contributed by atoms with Crippen LogP contribution in [0.2, 0.25) is 0 Å². The van der Waals surface area contributed by atoms with Crippen LogP contribution in [0.1, 0.15) is 30.7 Å². The van der Waals surface area contributed by atoms with Crippen molar-refractivity contribution < 1.29 is 13.5 Å². The smallest absolute Gasteiger partial charge is 0.282 e. The third-order valence-corrected chi connectivity index (χ3v) is 7.05. The van der Waals surface area contributed by atoms with E-state index in [9.17, 15) is 8.78 Å². The van der Waals surface area contributed by atoms with E-state index in [4.69, 9.17) is 10.5 Å². The van der Waals surface area contributed by atoms with E-state index in [0.717, 1.165) is 55.9 Å². The number of fused-ring (bicyclic) bond motifs is 1. The Hall–Kier alpha value is -3.57. The molecule has 2 fully saturated rings. The predicted molar refractivity (Wildman–Crippen MR) is 133 cm³/mol. The maximum Gasteiger partial charge on any atom is 0.282 e. The van der Waals surface area contributed by atoms with E-state index < -0.39 is 6.43 Å². The second kappa shape index (κ2) is 9.14. The van der Waals surface area contributed by atoms with Gasteiger partial charge in [-0.1, -0.05) is 0 Å². The maximum atomic E-state index is 13.1. The predicted octanol–water partition coefficient (Wildman–Crippen LogP) is 3.71. The highest BCUT2D eigenvalue weighted by atomic mass is 19.3. The van der Waals surface area contributed by atoms with Crippen molar-refractivity contribution >= 4 is 22.4 Å². The summed E-state index contributed by atoms with van der Waals surface area (Å²) in [6.45, 7) is 5.59. The van der Waals surface area contributed by atoms with Crippen LogP contribution >= 0.6 is 0 Å². The topological polar surface area (TPSA) is 99.0 Å². The summed E-state index contributed by atoms with van der Waals surface area (Å²) in [6, 6.07) is 11.9. The number of aryl methyl sites for hydroxylation is 1. The molecule has 3 N–H and O–H groups in total. The molecular weight excluding hydrogens is 466 g/mol. The number of likely N-dealkylation sites (tertiary alicyclic amines) is 1. The van der Waals surface area contributed by atoms with Gasteiger partial charge in [0.15, 0.2) is 5.82 Å². The number of anilines is 2. The number of halogens is 2. The fraction of sp³-hybridized carbons (Fsp3) is 0.400. The summed E-state index contributed by atoms with van der Waals surface area (Å²) in [5.41, 5.74) is 9.45. The molecule has 11 heteroatoms. The van der Waals surface area contributed by atoms with Crippen LogP contribution in [0.5, 0.6) is 0 Å². The highest BCUT2D eigenvalue weighted by molar-refractivity contribution is 5.81. The average Bonchev–Trinajstić information content (AvgIpc) is 3.43. The van der Waals surface area contributed by atoms with Gasteiger partial charge in [0.2, 0.25) is 0 Å². The molecule has 0 amide bonds. The minimum absolute atomic E-state index is 0.303. The van der Waals surface area contributed by atoms with E-state index in [-0.39, 0.29) is 5.69 Å². The number of nitrogen functional groups attached to an aromatic ring is 1. The normalized spacial score (nSPS) is 17.7. The number of imidazole rings is 1. The Balaban J connectivity index is 1.22. The summed E-state index contributed by atoms with van der Waals surface area (Å²) in [5.74, 6) is 0.875. The van der Waals surface area contributed by atoms with Crippen LogP contribution in [-0.4, -0.2) is 67.6 Å². The zero-order valence-corrected chi connectivity index (χ0v) is 19.9. The minimum Gasteiger partial charge on any atom is -0.396 e. The number of nitrogens with zero attached hydrogens (tertiary/aromatic N) is 6. The van der Waals surface area contributed by atoms with E-state index in [1.165, 1.54) is 10.7 Å². The molecular formula is C25H28F2N8O. The van der Waals surface area contributed by atoms with Crippen LogP contribution in [0.3, 0.4) is 0 Å². The highest BCUT2D eigenvalue weighted by Crippen LogP contribution is 2.27. The summed E-state index contributed by atoms with van der Waals surface area (Å²) >= 11 is 0. The molecule has 36 heavy (non-hydrogen) atoms. The van der Waals surface area contributed by atoms with Crippen molar-refractivity contribution in [2.24, 2.45) is 0 Å². The molecule has 3 aromatic heterocycles. The quantitative estimate of drug-likeness (QED) is 0.422. The molecule has 9 nitrogen and oxygen atoms in total. The fourth-order valence-electron chi connectivity index (χ4n) is 4.94. The summed E-state index contributed by atoms with van der Waals surface area (Å²) in [5, 5.41) is 7.66. The Kier molecular flexibility index (Phi) is 5.81. The zero-order chi connectivity index (χ0) is 24.8. The van der Waals surface area contributed by atoms with Gasteiger partial charge in [-0.2, -0.15) is 5.10 Å². The zero-order valence-electron chi connectivity index (χ0n) is 19.9. The van der Waals surface area contributed by atoms with Gasteiger partial charge in [0, 0.05) is 30.5 Å². The molecule has 0 saturated carbocycles. The van der Waals surface area contributed by atoms with Crippen molar-refractivity contribution in [3.8, 4) is 11.6 Å². The molecule has 2 saturated heterocycles. The van der Waals surface area contributed by atoms with E-state index in [1.807, 2.05) is 16.7 Å². The lowest BCUT2D eigenvalue weighted by Crippen LogP contribution is -2.53. The minimum atomic E-state index is -2.67. The second-order valence-corrected chi connectivity index (χ2v) is 9.47. The van der Waals surface area contributed by atoms with E-state index in [0.29, 0.717) is 35.1 Å². The number of rotatable bonds is 6. The van der Waals surface area contributed by atoms with E-state index in [2.05, 4.69) is 31.3 Å². The number of aromatic nitrogens is 5. The van der Waals surface area contributed by atoms with Gasteiger partial charge in [0.25, 0.3) is 6.43 Å². The van der Waals surface area contributed by atoms with Gasteiger partial charge in [0.1, 0.15) is 17.8 Å². The molecule has 6 rings (SSSR count). The van der Waals surface area contributed by atoms with Crippen molar-refractivity contribution in [1.29, 1.82) is 0 Å². The molecule has 0 radical (unpaired) electrons. The number of benzene rings is 1. The SMILES string of the molecule is Cc1cc(C(F)F)nn1-c1nc(-n2cnc3cc(NC4CCN(C5COC5)CC4)ccc32)ccc1N. The maximum absolute atomic E-state index is 13.1. The summed E-state index contributed by atoms with van der Waals surface area (Å²) < 4.78 is 34.8. The van der Waals surface area contributed by atoms with Crippen molar-refractivity contribution in [3.63, 3.8) is 0 Å². The van der Waals surface area contributed by atoms with Crippen molar-refractivity contribution in [2.45, 2.75) is 38.3 Å². The lowest BCUT2D eigenvalue weighted by molar-refractivity contribution is -0.0705. The standard InChI is InChI=1S/C25H28F2N8O/c1-15-10-21(24(26)27)32-35(15)25-19(28)3-5-23(31-25)34-14-29-20-11-17(2-4-22(20)34)30-16-6-8-33(9-7-16)18-12-36-13-18/h2-5,10-11,14,16,18,24,30H,6-9,12-13,28H2,1H3. The highest BCUT2D eigenvalue weighted by Gasteiger charge is 2.29. The Bertz CT molecular complexity index is 1390. The third kappa shape index (κ3) is 4.18. The fourth-order valence-corrected chi connectivity index (χ4v) is 4.94. The second-order valence-electron chi connectivity index (χ2n) is 9.47. The number of alkyl halides is 2. The number of pyridine rings is 1. The molecule has 0 unspecified atom stereocenters. The molecule has 0 spiro atoms. The van der Waals surface area contributed by atoms with Gasteiger partial charge in [-0.05, 0) is 56.2 Å². The molecule has 4 aromatic rings. The number of ether oxygens (including phenoxy) is 1. The number of piperidine rings is 1. The Labute approximate surface area is 206 Å². The molecule has 0 atom stereocenters. The van der Waals surface area contributed by atoms with Gasteiger partial charge in [0.05, 0.1) is 36.0 Å². The summed E-state index contributed by atoms with van der Waals surface area (Å²) in [6.07, 6.45) is 1.23. The summed E-state index contributed by atoms with van der Waals surface area (Å²) in [4.78, 5) is 11.7. The molecule has 2 aliphatic rings. The van der Waals surface area contributed by atoms with Crippen molar-refractivity contribution in [2.75, 3.05) is 37.4 Å². The monoisotopic (exact) mass is 494 g/mol. The third-order valence-electron chi connectivity index (χ3n) is 7.05. The Morgan fingerprint density at radius 2 is 1.92 bits per heavy atom. The van der Waals surface area contributed by atoms with Crippen LogP contribution in [-0.2, 0) is 4.74 Å². The van der Waals surface area contributed by atoms with E-state index >= 15 is 0 Å². The summed E-state index contributed by atoms with van der Waals surface area (Å²) in [7, 11) is 0. The van der Waals surface area contributed by atoms with Gasteiger partial charge in [-0.15, -0.1) is 0 Å². The van der Waals surface area contributed by atoms with Gasteiger partial charge in [-0.25, -0.2) is 23.4 Å². The molecule has 0 bridgehead atoms. The average molecular weight is 495 g/mol. The van der Waals surface area contributed by atoms with Crippen LogP contribution in [0.15, 0.2) is 42.7 Å². The van der Waals surface area contributed by atoms with Gasteiger partial charge >= 0.3 is 0 Å². The molecule has 1 aromatic carbocycles. The van der Waals surface area contributed by atoms with Crippen LogP contribution in [0.4, 0.5) is 20.2 Å². The lowest BCUT2D eigenvalue weighted by atomic mass is 10.0. The number of nitrogens with two attached hydrogens (primary N) is 1. The van der Waals surface area contributed by atoms with Gasteiger partial charge < -0.3 is 15.8 Å². The first kappa shape index (κ1) is 22.9. The van der Waals surface area contributed by atoms with Crippen molar-refractivity contribution in [3.05, 3.63) is 54.1 Å². The van der Waals surface area contributed by atoms with Gasteiger partial charge in [-0.3, -0.25) is 9.47 Å². The molecule has 188 valence electrons. The van der Waals surface area contributed by atoms with Crippen LogP contribution < -0.4 is 11.1 Å². The Morgan fingerprint density at radius 3 is 2.61 bits per heavy atom. The van der Waals surface area contributed by atoms with E-state index in [1.54, 1.807) is 25.4 Å². The molecule has 5 heterocycles. The molecule has 0 aliphatic carbocycles. The number of hydrogen-bond acceptors (Lipinski definition) is 7. The lowest BCUT2D eigenvalue weighted by Gasteiger charge is -2.41. The number of hydrogen-bond donors (Lipinski definition) is 2. The first-order chi connectivity index (χ1) is 17.5. The number of nitrogens with one attached hydrogen (secondary N) is 1. The van der Waals surface area contributed by atoms with Crippen LogP contribution in [0, 0.1) is 6.92 Å².